The Labute approximate surface area is 115 Å². The quantitative estimate of drug-likeness (QED) is 0.764. The van der Waals surface area contributed by atoms with Crippen LogP contribution in [0.3, 0.4) is 0 Å². The molecule has 0 aliphatic carbocycles. The van der Waals surface area contributed by atoms with E-state index in [-0.39, 0.29) is 11.2 Å². The molecule has 0 atom stereocenters. The first-order valence-corrected chi connectivity index (χ1v) is 7.05. The molecule has 0 aliphatic rings. The molecule has 0 amide bonds. The van der Waals surface area contributed by atoms with Crippen LogP contribution >= 0.6 is 22.6 Å². The maximum absolute atomic E-state index is 12.0. The fraction of sp³-hybridized carbons (Fsp3) is 0.667. The lowest BCUT2D eigenvalue weighted by Gasteiger charge is -2.10. The summed E-state index contributed by atoms with van der Waals surface area (Å²) in [5.41, 5.74) is -0.356. The largest absolute Gasteiger partial charge is 0.331 e. The minimum absolute atomic E-state index is 0.163. The molecule has 1 rings (SSSR count). The van der Waals surface area contributed by atoms with Gasteiger partial charge in [0.2, 0.25) is 0 Å². The molecule has 1 aromatic heterocycles. The van der Waals surface area contributed by atoms with Gasteiger partial charge in [0, 0.05) is 19.3 Å². The van der Waals surface area contributed by atoms with Gasteiger partial charge in [-0.2, -0.15) is 0 Å². The van der Waals surface area contributed by atoms with Crippen molar-refractivity contribution >= 4 is 22.6 Å². The van der Waals surface area contributed by atoms with Gasteiger partial charge in [0.05, 0.1) is 3.57 Å². The third-order valence-corrected chi connectivity index (χ3v) is 3.44. The predicted octanol–water partition coefficient (Wildman–Crippen LogP) is 2.07. The number of aryl methyl sites for hydroxylation is 1. The maximum atomic E-state index is 12.0. The standard InChI is InChI=1S/C12H19IN2O2/c1-4-14-8-10(13)11(16)15(12(14)17)7-5-6-9(2)3/h8-9H,4-7H2,1-3H3. The topological polar surface area (TPSA) is 44.0 Å². The summed E-state index contributed by atoms with van der Waals surface area (Å²) in [6, 6.07) is 0. The van der Waals surface area contributed by atoms with E-state index in [4.69, 9.17) is 0 Å². The van der Waals surface area contributed by atoms with Crippen LogP contribution < -0.4 is 11.2 Å². The smallest absolute Gasteiger partial charge is 0.300 e. The van der Waals surface area contributed by atoms with E-state index in [2.05, 4.69) is 13.8 Å². The summed E-state index contributed by atoms with van der Waals surface area (Å²) in [5, 5.41) is 0. The molecule has 17 heavy (non-hydrogen) atoms. The number of hydrogen-bond donors (Lipinski definition) is 0. The molecule has 0 spiro atoms. The van der Waals surface area contributed by atoms with Crippen molar-refractivity contribution in [3.8, 4) is 0 Å². The van der Waals surface area contributed by atoms with Crippen LogP contribution in [-0.4, -0.2) is 9.13 Å². The van der Waals surface area contributed by atoms with E-state index in [1.807, 2.05) is 29.5 Å². The van der Waals surface area contributed by atoms with Crippen LogP contribution in [-0.2, 0) is 13.1 Å². The van der Waals surface area contributed by atoms with Gasteiger partial charge in [0.25, 0.3) is 5.56 Å². The maximum Gasteiger partial charge on any atom is 0.331 e. The zero-order valence-electron chi connectivity index (χ0n) is 10.6. The van der Waals surface area contributed by atoms with Crippen LogP contribution in [0.5, 0.6) is 0 Å². The first kappa shape index (κ1) is 14.5. The van der Waals surface area contributed by atoms with E-state index in [0.717, 1.165) is 12.8 Å². The summed E-state index contributed by atoms with van der Waals surface area (Å²) >= 11 is 1.99. The molecular weight excluding hydrogens is 331 g/mol. The van der Waals surface area contributed by atoms with Crippen molar-refractivity contribution in [3.05, 3.63) is 30.6 Å². The molecule has 0 saturated heterocycles. The Morgan fingerprint density at radius 2 is 2.00 bits per heavy atom. The van der Waals surface area contributed by atoms with E-state index >= 15 is 0 Å². The minimum Gasteiger partial charge on any atom is -0.300 e. The lowest BCUT2D eigenvalue weighted by Crippen LogP contribution is -2.40. The number of rotatable bonds is 5. The number of hydrogen-bond acceptors (Lipinski definition) is 2. The highest BCUT2D eigenvalue weighted by atomic mass is 127. The van der Waals surface area contributed by atoms with E-state index in [9.17, 15) is 9.59 Å². The summed E-state index contributed by atoms with van der Waals surface area (Å²) < 4.78 is 3.54. The average Bonchev–Trinajstić information content (AvgIpc) is 2.27. The molecule has 0 bridgehead atoms. The van der Waals surface area contributed by atoms with Crippen LogP contribution in [0.1, 0.15) is 33.6 Å². The Hall–Kier alpha value is -0.590. The van der Waals surface area contributed by atoms with Gasteiger partial charge in [-0.05, 0) is 48.3 Å². The molecule has 0 N–H and O–H groups in total. The Morgan fingerprint density at radius 1 is 1.35 bits per heavy atom. The van der Waals surface area contributed by atoms with E-state index < -0.39 is 0 Å². The van der Waals surface area contributed by atoms with Crippen LogP contribution in [0, 0.1) is 9.49 Å². The highest BCUT2D eigenvalue weighted by Crippen LogP contribution is 2.04. The van der Waals surface area contributed by atoms with E-state index in [1.54, 1.807) is 10.8 Å². The number of nitrogens with zero attached hydrogens (tertiary/aromatic N) is 2. The summed E-state index contributed by atoms with van der Waals surface area (Å²) in [6.07, 6.45) is 3.53. The van der Waals surface area contributed by atoms with Gasteiger partial charge in [0.1, 0.15) is 0 Å². The van der Waals surface area contributed by atoms with Crippen molar-refractivity contribution < 1.29 is 0 Å². The molecule has 0 fully saturated rings. The number of halogens is 1. The van der Waals surface area contributed by atoms with Crippen molar-refractivity contribution in [1.29, 1.82) is 0 Å². The first-order valence-electron chi connectivity index (χ1n) is 5.97. The molecule has 0 unspecified atom stereocenters. The third kappa shape index (κ3) is 3.69. The molecule has 0 aromatic carbocycles. The summed E-state index contributed by atoms with van der Waals surface area (Å²) in [4.78, 5) is 23.8. The van der Waals surface area contributed by atoms with Crippen LogP contribution in [0.4, 0.5) is 0 Å². The lowest BCUT2D eigenvalue weighted by molar-refractivity contribution is 0.480. The van der Waals surface area contributed by atoms with Gasteiger partial charge in [-0.3, -0.25) is 13.9 Å². The fourth-order valence-electron chi connectivity index (χ4n) is 1.70. The molecule has 1 heterocycles. The van der Waals surface area contributed by atoms with Gasteiger partial charge in [-0.15, -0.1) is 0 Å². The molecule has 0 radical (unpaired) electrons. The second-order valence-corrected chi connectivity index (χ2v) is 5.70. The fourth-order valence-corrected chi connectivity index (χ4v) is 2.33. The Balaban J connectivity index is 3.01. The Bertz CT molecular complexity index is 488. The van der Waals surface area contributed by atoms with Crippen molar-refractivity contribution in [3.63, 3.8) is 0 Å². The first-order chi connectivity index (χ1) is 7.97. The van der Waals surface area contributed by atoms with Crippen LogP contribution in [0.25, 0.3) is 0 Å². The lowest BCUT2D eigenvalue weighted by atomic mass is 10.1. The molecule has 5 heteroatoms. The molecule has 0 aliphatic heterocycles. The molecular formula is C12H19IN2O2. The van der Waals surface area contributed by atoms with Crippen molar-refractivity contribution in [1.82, 2.24) is 9.13 Å². The Morgan fingerprint density at radius 3 is 2.53 bits per heavy atom. The van der Waals surface area contributed by atoms with E-state index in [1.165, 1.54) is 4.57 Å². The van der Waals surface area contributed by atoms with Gasteiger partial charge >= 0.3 is 5.69 Å². The van der Waals surface area contributed by atoms with Gasteiger partial charge in [-0.25, -0.2) is 4.79 Å². The van der Waals surface area contributed by atoms with Gasteiger partial charge in [0.15, 0.2) is 0 Å². The highest BCUT2D eigenvalue weighted by Gasteiger charge is 2.08. The Kier molecular flexibility index (Phi) is 5.42. The molecule has 1 aromatic rings. The molecule has 96 valence electrons. The van der Waals surface area contributed by atoms with Crippen molar-refractivity contribution in [2.24, 2.45) is 5.92 Å². The monoisotopic (exact) mass is 350 g/mol. The summed E-state index contributed by atoms with van der Waals surface area (Å²) in [6.45, 7) is 7.30. The zero-order chi connectivity index (χ0) is 13.0. The molecule has 0 saturated carbocycles. The second-order valence-electron chi connectivity index (χ2n) is 4.54. The predicted molar refractivity (Wildman–Crippen MR) is 77.4 cm³/mol. The molecule has 4 nitrogen and oxygen atoms in total. The summed E-state index contributed by atoms with van der Waals surface area (Å²) in [5.74, 6) is 0.599. The van der Waals surface area contributed by atoms with Gasteiger partial charge < -0.3 is 0 Å². The average molecular weight is 350 g/mol. The second kappa shape index (κ2) is 6.37. The highest BCUT2D eigenvalue weighted by molar-refractivity contribution is 14.1. The minimum atomic E-state index is -0.193. The van der Waals surface area contributed by atoms with E-state index in [0.29, 0.717) is 22.6 Å². The normalized spacial score (nSPS) is 11.1. The van der Waals surface area contributed by atoms with Crippen LogP contribution in [0.15, 0.2) is 15.8 Å². The summed E-state index contributed by atoms with van der Waals surface area (Å²) in [7, 11) is 0. The third-order valence-electron chi connectivity index (χ3n) is 2.70. The van der Waals surface area contributed by atoms with Crippen molar-refractivity contribution in [2.75, 3.05) is 0 Å². The van der Waals surface area contributed by atoms with Gasteiger partial charge in [-0.1, -0.05) is 13.8 Å². The zero-order valence-corrected chi connectivity index (χ0v) is 12.7. The van der Waals surface area contributed by atoms with Crippen molar-refractivity contribution in [2.45, 2.75) is 46.7 Å². The van der Waals surface area contributed by atoms with Crippen LogP contribution in [0.2, 0.25) is 0 Å². The SMILES string of the molecule is CCn1cc(I)c(=O)n(CCCC(C)C)c1=O. The number of aromatic nitrogens is 2.